The zero-order chi connectivity index (χ0) is 31.6. The first kappa shape index (κ1) is 36.6. The number of alkyl carbamates (subject to hydrolysis) is 1. The average molecular weight is 644 g/mol. The van der Waals surface area contributed by atoms with E-state index < -0.39 is 26.0 Å². The fraction of sp³-hybridized carbons (Fsp3) is 0.943. The second-order valence-electron chi connectivity index (χ2n) is 15.8. The van der Waals surface area contributed by atoms with Crippen molar-refractivity contribution in [1.29, 1.82) is 0 Å². The van der Waals surface area contributed by atoms with Crippen molar-refractivity contribution in [2.75, 3.05) is 32.0 Å². The standard InChI is InChI=1S/C35H64B2N2O3P2/c1-35(2,3)42-34(41)38-28-33(40)39(24-26-43(36,29-16-8-4-9-17-29)30-18-10-5-11-19-30)25-27-44(37,31-20-12-6-13-21-31)32-22-14-7-15-23-32/h29-32H,4-28H2,1-3H3,(H,38,41)/q+2. The predicted molar refractivity (Wildman–Crippen MR) is 193 cm³/mol. The Labute approximate surface area is 274 Å². The van der Waals surface area contributed by atoms with Crippen LogP contribution in [-0.2, 0) is 9.53 Å². The van der Waals surface area contributed by atoms with Crippen LogP contribution in [0.15, 0.2) is 0 Å². The second-order valence-corrected chi connectivity index (χ2v) is 23.6. The summed E-state index contributed by atoms with van der Waals surface area (Å²) in [6.45, 7) is 6.94. The van der Waals surface area contributed by atoms with E-state index in [1.807, 2.05) is 20.8 Å². The maximum absolute atomic E-state index is 14.0. The van der Waals surface area contributed by atoms with Crippen LogP contribution in [-0.4, -0.2) is 92.2 Å². The van der Waals surface area contributed by atoms with E-state index in [0.717, 1.165) is 12.3 Å². The normalized spacial score (nSPS) is 22.4. The van der Waals surface area contributed by atoms with Crippen molar-refractivity contribution in [3.8, 4) is 0 Å². The van der Waals surface area contributed by atoms with Gasteiger partial charge in [-0.15, -0.1) is 0 Å². The number of hydrogen-bond acceptors (Lipinski definition) is 3. The summed E-state index contributed by atoms with van der Waals surface area (Å²) in [5, 5.41) is 2.77. The molecule has 0 spiro atoms. The zero-order valence-electron chi connectivity index (χ0n) is 28.7. The summed E-state index contributed by atoms with van der Waals surface area (Å²) >= 11 is 0. The molecule has 9 heteroatoms. The van der Waals surface area contributed by atoms with Crippen molar-refractivity contribution < 1.29 is 14.3 Å². The van der Waals surface area contributed by atoms with Gasteiger partial charge in [-0.05, 0) is 138 Å². The van der Waals surface area contributed by atoms with Gasteiger partial charge in [0.15, 0.2) is 0 Å². The molecule has 0 aliphatic heterocycles. The van der Waals surface area contributed by atoms with Crippen molar-refractivity contribution in [3.63, 3.8) is 0 Å². The van der Waals surface area contributed by atoms with Gasteiger partial charge in [0.2, 0.25) is 5.91 Å². The van der Waals surface area contributed by atoms with Crippen molar-refractivity contribution in [2.24, 2.45) is 0 Å². The smallest absolute Gasteiger partial charge is 0.408 e. The lowest BCUT2D eigenvalue weighted by Gasteiger charge is -2.44. The van der Waals surface area contributed by atoms with Crippen molar-refractivity contribution >= 4 is 41.4 Å². The van der Waals surface area contributed by atoms with E-state index >= 15 is 0 Å². The van der Waals surface area contributed by atoms with Gasteiger partial charge in [-0.25, -0.2) is 4.79 Å². The molecular weight excluding hydrogens is 580 g/mol. The minimum atomic E-state index is -1.72. The SMILES string of the molecule is [B][P+](CCN(CC[P+]([B])(C1CCCCC1)C1CCCCC1)C(=O)CNC(=O)OC(C)(C)C)(C1CCCCC1)C1CCCCC1. The Morgan fingerprint density at radius 3 is 1.25 bits per heavy atom. The van der Waals surface area contributed by atoms with Gasteiger partial charge in [-0.3, -0.25) is 4.79 Å². The molecule has 0 unspecified atom stereocenters. The molecule has 0 saturated heterocycles. The molecule has 2 amide bonds. The molecule has 4 fully saturated rings. The Hall–Kier alpha value is -0.270. The molecular formula is C35H64B2N2O3P2+2. The maximum Gasteiger partial charge on any atom is 0.408 e. The van der Waals surface area contributed by atoms with Crippen LogP contribution >= 0.6 is 14.3 Å². The Balaban J connectivity index is 1.51. The van der Waals surface area contributed by atoms with Crippen molar-refractivity contribution in [1.82, 2.24) is 10.2 Å². The molecule has 0 aromatic carbocycles. The first-order chi connectivity index (χ1) is 21.0. The summed E-state index contributed by atoms with van der Waals surface area (Å²) in [7, 11) is 11.9. The first-order valence-electron chi connectivity index (χ1n) is 18.6. The van der Waals surface area contributed by atoms with Gasteiger partial charge in [0.25, 0.3) is 0 Å². The van der Waals surface area contributed by atoms with E-state index in [1.165, 1.54) is 128 Å². The topological polar surface area (TPSA) is 58.6 Å². The molecule has 0 bridgehead atoms. The van der Waals surface area contributed by atoms with Gasteiger partial charge in [-0.2, -0.15) is 0 Å². The van der Waals surface area contributed by atoms with Crippen LogP contribution in [0.4, 0.5) is 4.79 Å². The van der Waals surface area contributed by atoms with Gasteiger partial charge >= 0.3 is 21.2 Å². The quantitative estimate of drug-likeness (QED) is 0.171. The highest BCUT2D eigenvalue weighted by molar-refractivity contribution is 7.98. The van der Waals surface area contributed by atoms with Crippen LogP contribution < -0.4 is 5.32 Å². The lowest BCUT2D eigenvalue weighted by atomic mass is 9.99. The molecule has 5 nitrogen and oxygen atoms in total. The van der Waals surface area contributed by atoms with Crippen LogP contribution in [0.5, 0.6) is 0 Å². The average Bonchev–Trinajstić information content (AvgIpc) is 3.04. The molecule has 0 heterocycles. The van der Waals surface area contributed by atoms with Crippen LogP contribution in [0.2, 0.25) is 0 Å². The molecule has 246 valence electrons. The zero-order valence-corrected chi connectivity index (χ0v) is 30.5. The van der Waals surface area contributed by atoms with E-state index in [2.05, 4.69) is 10.2 Å². The number of rotatable bonds is 12. The molecule has 4 rings (SSSR count). The molecule has 1 N–H and O–H groups in total. The molecule has 4 aliphatic carbocycles. The molecule has 44 heavy (non-hydrogen) atoms. The van der Waals surface area contributed by atoms with Crippen LogP contribution in [0.1, 0.15) is 149 Å². The number of ether oxygens (including phenoxy) is 1. The fourth-order valence-electron chi connectivity index (χ4n) is 9.10. The van der Waals surface area contributed by atoms with Gasteiger partial charge in [0.05, 0.1) is 48.0 Å². The van der Waals surface area contributed by atoms with Gasteiger partial charge in [-0.1, -0.05) is 25.7 Å². The highest BCUT2D eigenvalue weighted by atomic mass is 31.2. The van der Waals surface area contributed by atoms with Gasteiger partial charge in [0.1, 0.15) is 12.1 Å². The molecule has 0 atom stereocenters. The summed E-state index contributed by atoms with van der Waals surface area (Å²) in [5.41, 5.74) is 2.02. The molecule has 4 radical (unpaired) electrons. The minimum Gasteiger partial charge on any atom is -0.444 e. The van der Waals surface area contributed by atoms with Crippen LogP contribution in [0.25, 0.3) is 0 Å². The monoisotopic (exact) mass is 644 g/mol. The number of carbonyl (C=O) groups is 2. The lowest BCUT2D eigenvalue weighted by Crippen LogP contribution is -2.45. The third kappa shape index (κ3) is 10.4. The molecule has 4 saturated carbocycles. The van der Waals surface area contributed by atoms with Crippen LogP contribution in [0.3, 0.4) is 0 Å². The van der Waals surface area contributed by atoms with Crippen molar-refractivity contribution in [2.45, 2.75) is 177 Å². The number of carbonyl (C=O) groups excluding carboxylic acids is 2. The minimum absolute atomic E-state index is 0.00599. The number of hydrogen-bond donors (Lipinski definition) is 1. The summed E-state index contributed by atoms with van der Waals surface area (Å²) in [6, 6.07) is 0. The lowest BCUT2D eigenvalue weighted by molar-refractivity contribution is -0.129. The fourth-order valence-corrected chi connectivity index (χ4v) is 18.2. The van der Waals surface area contributed by atoms with E-state index in [0.29, 0.717) is 35.7 Å². The van der Waals surface area contributed by atoms with E-state index in [9.17, 15) is 9.59 Å². The van der Waals surface area contributed by atoms with Gasteiger partial charge < -0.3 is 15.0 Å². The maximum atomic E-state index is 14.0. The summed E-state index contributed by atoms with van der Waals surface area (Å²) in [4.78, 5) is 28.5. The van der Waals surface area contributed by atoms with E-state index in [1.54, 1.807) is 0 Å². The third-order valence-electron chi connectivity index (χ3n) is 11.7. The van der Waals surface area contributed by atoms with Crippen molar-refractivity contribution in [3.05, 3.63) is 0 Å². The highest BCUT2D eigenvalue weighted by Crippen LogP contribution is 2.70. The number of amides is 2. The summed E-state index contributed by atoms with van der Waals surface area (Å²) in [5.74, 6) is -0.00599. The summed E-state index contributed by atoms with van der Waals surface area (Å²) in [6.07, 6.45) is 27.4. The Morgan fingerprint density at radius 2 is 0.955 bits per heavy atom. The third-order valence-corrected chi connectivity index (χ3v) is 21.1. The van der Waals surface area contributed by atoms with Crippen LogP contribution in [0, 0.1) is 0 Å². The van der Waals surface area contributed by atoms with E-state index in [4.69, 9.17) is 19.9 Å². The predicted octanol–water partition coefficient (Wildman–Crippen LogP) is 8.87. The Kier molecular flexibility index (Phi) is 14.3. The number of nitrogens with zero attached hydrogens (tertiary/aromatic N) is 1. The van der Waals surface area contributed by atoms with E-state index in [-0.39, 0.29) is 12.5 Å². The molecule has 0 aromatic heterocycles. The number of nitrogens with one attached hydrogen (secondary N) is 1. The Morgan fingerprint density at radius 1 is 0.636 bits per heavy atom. The Bertz CT molecular complexity index is 807. The largest absolute Gasteiger partial charge is 0.444 e. The van der Waals surface area contributed by atoms with Gasteiger partial charge in [0, 0.05) is 0 Å². The highest BCUT2D eigenvalue weighted by Gasteiger charge is 2.50. The molecule has 4 aliphatic rings. The first-order valence-corrected chi connectivity index (χ1v) is 22.9. The molecule has 0 aromatic rings. The summed E-state index contributed by atoms with van der Waals surface area (Å²) < 4.78 is 5.46. The second kappa shape index (κ2) is 17.2.